The molecular weight excluding hydrogens is 208 g/mol. The van der Waals surface area contributed by atoms with Crippen molar-refractivity contribution in [3.8, 4) is 0 Å². The molecule has 4 heteroatoms. The number of rotatable bonds is 2. The Morgan fingerprint density at radius 1 is 0.750 bits per heavy atom. The monoisotopic (exact) mass is 232 g/mol. The first kappa shape index (κ1) is 13.9. The topological polar surface area (TPSA) is 36.9 Å². The summed E-state index contributed by atoms with van der Waals surface area (Å²) in [6.45, 7) is 13.0. The normalized spacial score (nSPS) is 28.1. The van der Waals surface area contributed by atoms with Crippen LogP contribution in [0.1, 0.15) is 41.5 Å². The molecule has 2 unspecified atom stereocenters. The molecule has 0 amide bonds. The van der Waals surface area contributed by atoms with Crippen molar-refractivity contribution in [3.05, 3.63) is 0 Å². The fourth-order valence-electron chi connectivity index (χ4n) is 1.36. The predicted octanol–water partition coefficient (Wildman–Crippen LogP) is 2.32. The predicted molar refractivity (Wildman–Crippen MR) is 61.2 cm³/mol. The molecule has 0 aromatic carbocycles. The molecule has 0 aromatic heterocycles. The molecule has 2 atom stereocenters. The van der Waals surface area contributed by atoms with Gasteiger partial charge in [0, 0.05) is 0 Å². The number of ether oxygens (including phenoxy) is 4. The zero-order valence-electron chi connectivity index (χ0n) is 11.2. The molecular formula is C12H24O4. The summed E-state index contributed by atoms with van der Waals surface area (Å²) in [6.07, 6.45) is -0.902. The Labute approximate surface area is 98.2 Å². The van der Waals surface area contributed by atoms with Gasteiger partial charge < -0.3 is 18.9 Å². The first-order valence-electron chi connectivity index (χ1n) is 5.76. The lowest BCUT2D eigenvalue weighted by Gasteiger charge is -2.38. The van der Waals surface area contributed by atoms with Crippen LogP contribution in [0.4, 0.5) is 0 Å². The maximum Gasteiger partial charge on any atom is 0.210 e. The molecule has 0 aliphatic carbocycles. The van der Waals surface area contributed by atoms with E-state index >= 15 is 0 Å². The second-order valence-corrected chi connectivity index (χ2v) is 5.94. The molecule has 1 heterocycles. The first-order valence-corrected chi connectivity index (χ1v) is 5.76. The molecule has 0 bridgehead atoms. The van der Waals surface area contributed by atoms with Crippen LogP contribution in [0.25, 0.3) is 0 Å². The van der Waals surface area contributed by atoms with Crippen molar-refractivity contribution in [2.75, 3.05) is 13.2 Å². The van der Waals surface area contributed by atoms with Crippen LogP contribution in [0, 0.1) is 0 Å². The van der Waals surface area contributed by atoms with Gasteiger partial charge in [-0.25, -0.2) is 0 Å². The molecule has 1 saturated heterocycles. The average Bonchev–Trinajstić information content (AvgIpc) is 2.03. The summed E-state index contributed by atoms with van der Waals surface area (Å²) in [6, 6.07) is 0. The van der Waals surface area contributed by atoms with E-state index in [0.717, 1.165) is 0 Å². The van der Waals surface area contributed by atoms with Crippen molar-refractivity contribution in [2.45, 2.75) is 65.3 Å². The highest BCUT2D eigenvalue weighted by atomic mass is 16.8. The van der Waals surface area contributed by atoms with Gasteiger partial charge in [-0.15, -0.1) is 0 Å². The highest BCUT2D eigenvalue weighted by Gasteiger charge is 2.34. The first-order chi connectivity index (χ1) is 7.17. The Morgan fingerprint density at radius 3 is 1.31 bits per heavy atom. The van der Waals surface area contributed by atoms with E-state index in [2.05, 4.69) is 0 Å². The number of hydrogen-bond acceptors (Lipinski definition) is 4. The maximum absolute atomic E-state index is 5.76. The molecule has 1 aliphatic rings. The summed E-state index contributed by atoms with van der Waals surface area (Å²) in [5.41, 5.74) is -0.546. The van der Waals surface area contributed by atoms with Crippen molar-refractivity contribution in [2.24, 2.45) is 0 Å². The minimum Gasteiger partial charge on any atom is -0.346 e. The molecule has 0 aromatic rings. The van der Waals surface area contributed by atoms with Crippen LogP contribution in [-0.2, 0) is 18.9 Å². The van der Waals surface area contributed by atoms with Gasteiger partial charge in [-0.3, -0.25) is 0 Å². The van der Waals surface area contributed by atoms with Crippen molar-refractivity contribution in [1.82, 2.24) is 0 Å². The molecule has 0 saturated carbocycles. The summed E-state index contributed by atoms with van der Waals surface area (Å²) < 4.78 is 22.6. The van der Waals surface area contributed by atoms with Crippen LogP contribution < -0.4 is 0 Å². The van der Waals surface area contributed by atoms with E-state index in [-0.39, 0.29) is 11.2 Å². The standard InChI is InChI=1S/C12H24O4/c1-11(2,3)15-9-10(14-8-7-13-9)16-12(4,5)6/h9-10H,7-8H2,1-6H3. The third-order valence-electron chi connectivity index (χ3n) is 1.81. The zero-order valence-corrected chi connectivity index (χ0v) is 11.2. The summed E-state index contributed by atoms with van der Waals surface area (Å²) >= 11 is 0. The fourth-order valence-corrected chi connectivity index (χ4v) is 1.36. The molecule has 4 nitrogen and oxygen atoms in total. The van der Waals surface area contributed by atoms with Gasteiger partial charge in [-0.1, -0.05) is 0 Å². The second-order valence-electron chi connectivity index (χ2n) is 5.94. The average molecular weight is 232 g/mol. The molecule has 1 fully saturated rings. The Balaban J connectivity index is 2.57. The fraction of sp³-hybridized carbons (Fsp3) is 1.00. The van der Waals surface area contributed by atoms with Crippen molar-refractivity contribution in [3.63, 3.8) is 0 Å². The summed E-state index contributed by atoms with van der Waals surface area (Å²) in [4.78, 5) is 0. The Morgan fingerprint density at radius 2 is 1.06 bits per heavy atom. The van der Waals surface area contributed by atoms with Gasteiger partial charge in [0.2, 0.25) is 12.6 Å². The third kappa shape index (κ3) is 5.25. The SMILES string of the molecule is CC(C)(C)OC1OCCOC1OC(C)(C)C. The van der Waals surface area contributed by atoms with Gasteiger partial charge in [0.1, 0.15) is 0 Å². The van der Waals surface area contributed by atoms with Gasteiger partial charge in [-0.05, 0) is 41.5 Å². The second kappa shape index (κ2) is 5.00. The van der Waals surface area contributed by atoms with E-state index < -0.39 is 12.6 Å². The smallest absolute Gasteiger partial charge is 0.210 e. The van der Waals surface area contributed by atoms with E-state index in [1.807, 2.05) is 41.5 Å². The Bertz CT molecular complexity index is 190. The Hall–Kier alpha value is -0.160. The van der Waals surface area contributed by atoms with Crippen LogP contribution in [0.5, 0.6) is 0 Å². The molecule has 1 aliphatic heterocycles. The van der Waals surface area contributed by atoms with Gasteiger partial charge in [0.05, 0.1) is 24.4 Å². The van der Waals surface area contributed by atoms with Crippen LogP contribution in [0.3, 0.4) is 0 Å². The van der Waals surface area contributed by atoms with Crippen molar-refractivity contribution >= 4 is 0 Å². The molecule has 0 spiro atoms. The summed E-state index contributed by atoms with van der Waals surface area (Å²) in [7, 11) is 0. The quantitative estimate of drug-likeness (QED) is 0.732. The lowest BCUT2D eigenvalue weighted by Crippen LogP contribution is -2.48. The maximum atomic E-state index is 5.76. The lowest BCUT2D eigenvalue weighted by molar-refractivity contribution is -0.355. The highest BCUT2D eigenvalue weighted by molar-refractivity contribution is 4.69. The lowest BCUT2D eigenvalue weighted by atomic mass is 10.2. The van der Waals surface area contributed by atoms with Crippen LogP contribution in [0.2, 0.25) is 0 Å². The summed E-state index contributed by atoms with van der Waals surface area (Å²) in [5.74, 6) is 0. The number of hydrogen-bond donors (Lipinski definition) is 0. The van der Waals surface area contributed by atoms with Crippen LogP contribution in [-0.4, -0.2) is 37.0 Å². The van der Waals surface area contributed by atoms with Gasteiger partial charge in [0.25, 0.3) is 0 Å². The minimum absolute atomic E-state index is 0.273. The van der Waals surface area contributed by atoms with Crippen molar-refractivity contribution < 1.29 is 18.9 Å². The highest BCUT2D eigenvalue weighted by Crippen LogP contribution is 2.23. The molecule has 96 valence electrons. The van der Waals surface area contributed by atoms with Crippen molar-refractivity contribution in [1.29, 1.82) is 0 Å². The van der Waals surface area contributed by atoms with Gasteiger partial charge in [0.15, 0.2) is 0 Å². The minimum atomic E-state index is -0.451. The molecule has 1 rings (SSSR count). The molecule has 0 N–H and O–H groups in total. The van der Waals surface area contributed by atoms with E-state index in [0.29, 0.717) is 13.2 Å². The molecule has 16 heavy (non-hydrogen) atoms. The van der Waals surface area contributed by atoms with E-state index in [1.165, 1.54) is 0 Å². The zero-order chi connectivity index (χ0) is 12.4. The van der Waals surface area contributed by atoms with Crippen LogP contribution in [0.15, 0.2) is 0 Å². The van der Waals surface area contributed by atoms with E-state index in [1.54, 1.807) is 0 Å². The Kier molecular flexibility index (Phi) is 4.35. The third-order valence-corrected chi connectivity index (χ3v) is 1.81. The molecule has 0 radical (unpaired) electrons. The summed E-state index contributed by atoms with van der Waals surface area (Å²) in [5, 5.41) is 0. The van der Waals surface area contributed by atoms with Gasteiger partial charge >= 0.3 is 0 Å². The van der Waals surface area contributed by atoms with Gasteiger partial charge in [-0.2, -0.15) is 0 Å². The van der Waals surface area contributed by atoms with E-state index in [4.69, 9.17) is 18.9 Å². The van der Waals surface area contributed by atoms with Crippen LogP contribution >= 0.6 is 0 Å². The largest absolute Gasteiger partial charge is 0.346 e. The van der Waals surface area contributed by atoms with E-state index in [9.17, 15) is 0 Å².